The van der Waals surface area contributed by atoms with E-state index in [0.717, 1.165) is 4.90 Å². The summed E-state index contributed by atoms with van der Waals surface area (Å²) in [5, 5.41) is 12.3. The number of carboxylic acids is 1. The Morgan fingerprint density at radius 1 is 1.22 bits per heavy atom. The number of ether oxygens (including phenoxy) is 1. The third kappa shape index (κ3) is 5.11. The van der Waals surface area contributed by atoms with Crippen molar-refractivity contribution in [1.29, 1.82) is 0 Å². The Kier molecular flexibility index (Phi) is 8.10. The molecule has 0 heterocycles. The maximum absolute atomic E-state index is 12.3. The van der Waals surface area contributed by atoms with Crippen molar-refractivity contribution in [3.63, 3.8) is 0 Å². The van der Waals surface area contributed by atoms with Crippen molar-refractivity contribution >= 4 is 23.7 Å². The molecule has 7 heteroatoms. The number of carbonyl (C=O) groups excluding carboxylic acids is 2. The molecule has 0 aromatic heterocycles. The fraction of sp³-hybridized carbons (Fsp3) is 0.500. The molecule has 0 aliphatic rings. The van der Waals surface area contributed by atoms with Gasteiger partial charge in [-0.1, -0.05) is 30.7 Å². The molecule has 0 radical (unpaired) electrons. The summed E-state index contributed by atoms with van der Waals surface area (Å²) in [6.07, 6.45) is -0.597. The van der Waals surface area contributed by atoms with Gasteiger partial charge in [0, 0.05) is 12.1 Å². The molecule has 0 bridgehead atoms. The van der Waals surface area contributed by atoms with E-state index in [9.17, 15) is 14.7 Å². The van der Waals surface area contributed by atoms with Crippen molar-refractivity contribution in [3.8, 4) is 0 Å². The van der Waals surface area contributed by atoms with Gasteiger partial charge in [-0.25, -0.2) is 4.79 Å². The van der Waals surface area contributed by atoms with Crippen LogP contribution < -0.4 is 34.7 Å². The van der Waals surface area contributed by atoms with Crippen LogP contribution in [0.3, 0.4) is 0 Å². The number of benzene rings is 1. The minimum atomic E-state index is -1.62. The van der Waals surface area contributed by atoms with Crippen molar-refractivity contribution < 1.29 is 49.0 Å². The van der Waals surface area contributed by atoms with Gasteiger partial charge < -0.3 is 14.6 Å². The van der Waals surface area contributed by atoms with E-state index in [4.69, 9.17) is 16.3 Å². The summed E-state index contributed by atoms with van der Waals surface area (Å²) in [4.78, 5) is 25.2. The number of amides is 1. The first-order valence-electron chi connectivity index (χ1n) is 6.99. The summed E-state index contributed by atoms with van der Waals surface area (Å²) in [5.74, 6) is -1.37. The third-order valence-electron chi connectivity index (χ3n) is 3.41. The number of rotatable bonds is 4. The van der Waals surface area contributed by atoms with Gasteiger partial charge in [0.1, 0.15) is 11.1 Å². The first kappa shape index (κ1) is 22.2. The Balaban J connectivity index is 0.00000484. The average Bonchev–Trinajstić information content (AvgIpc) is 2.39. The Morgan fingerprint density at radius 3 is 2.04 bits per heavy atom. The van der Waals surface area contributed by atoms with E-state index in [1.165, 1.54) is 7.05 Å². The van der Waals surface area contributed by atoms with E-state index in [1.807, 2.05) is 0 Å². The number of carboxylic acid groups (broad SMARTS) is 1. The number of hydrogen-bond donors (Lipinski definition) is 0. The maximum atomic E-state index is 12.3. The second-order valence-corrected chi connectivity index (χ2v) is 6.48. The van der Waals surface area contributed by atoms with Gasteiger partial charge in [-0.15, -0.1) is 0 Å². The van der Waals surface area contributed by atoms with Crippen molar-refractivity contribution in [2.75, 3.05) is 7.05 Å². The van der Waals surface area contributed by atoms with Crippen LogP contribution in [-0.4, -0.2) is 29.6 Å². The molecule has 0 N–H and O–H groups in total. The molecule has 1 atom stereocenters. The second-order valence-electron chi connectivity index (χ2n) is 6.05. The number of nitrogens with zero attached hydrogens (tertiary/aromatic N) is 1. The van der Waals surface area contributed by atoms with Gasteiger partial charge in [-0.2, -0.15) is 0 Å². The van der Waals surface area contributed by atoms with Gasteiger partial charge in [-0.3, -0.25) is 4.90 Å². The number of hydrogen-bond acceptors (Lipinski definition) is 4. The monoisotopic (exact) mass is 349 g/mol. The Bertz CT molecular complexity index is 556. The second kappa shape index (κ2) is 8.38. The van der Waals surface area contributed by atoms with Crippen LogP contribution >= 0.6 is 11.6 Å². The molecule has 1 aromatic rings. The first-order chi connectivity index (χ1) is 10.0. The Labute approximate surface area is 164 Å². The van der Waals surface area contributed by atoms with Crippen molar-refractivity contribution in [3.05, 3.63) is 34.9 Å². The molecule has 0 fully saturated rings. The van der Waals surface area contributed by atoms with E-state index in [-0.39, 0.29) is 36.0 Å². The van der Waals surface area contributed by atoms with Gasteiger partial charge in [0.25, 0.3) is 0 Å². The smallest absolute Gasteiger partial charge is 0.547 e. The molecule has 122 valence electrons. The molecule has 1 aromatic carbocycles. The quantitative estimate of drug-likeness (QED) is 0.691. The van der Waals surface area contributed by atoms with E-state index >= 15 is 0 Å². The van der Waals surface area contributed by atoms with Gasteiger partial charge in [0.2, 0.25) is 0 Å². The number of likely N-dealkylation sites (N-methyl/N-ethyl adjacent to an activating group) is 1. The van der Waals surface area contributed by atoms with Crippen molar-refractivity contribution in [2.24, 2.45) is 0 Å². The summed E-state index contributed by atoms with van der Waals surface area (Å²) in [6, 6.07) is 6.30. The van der Waals surface area contributed by atoms with Gasteiger partial charge in [0.05, 0.1) is 5.97 Å². The molecule has 0 saturated heterocycles. The van der Waals surface area contributed by atoms with E-state index in [2.05, 4.69) is 0 Å². The topological polar surface area (TPSA) is 69.7 Å². The van der Waals surface area contributed by atoms with Gasteiger partial charge in [-0.05, 0) is 44.9 Å². The van der Waals surface area contributed by atoms with E-state index in [0.29, 0.717) is 10.6 Å². The summed E-state index contributed by atoms with van der Waals surface area (Å²) < 4.78 is 5.27. The Morgan fingerprint density at radius 2 is 1.70 bits per heavy atom. The van der Waals surface area contributed by atoms with Crippen LogP contribution in [0.2, 0.25) is 5.02 Å². The normalized spacial score (nSPS) is 13.5. The summed E-state index contributed by atoms with van der Waals surface area (Å²) in [6.45, 7) is 6.82. The zero-order chi connectivity index (χ0) is 17.1. The molecule has 1 amide bonds. The minimum Gasteiger partial charge on any atom is -0.547 e. The summed E-state index contributed by atoms with van der Waals surface area (Å²) >= 11 is 5.85. The molecule has 0 spiro atoms. The van der Waals surface area contributed by atoms with E-state index in [1.54, 1.807) is 52.0 Å². The number of halogens is 1. The van der Waals surface area contributed by atoms with Crippen LogP contribution in [0.15, 0.2) is 24.3 Å². The Hall–Kier alpha value is -0.750. The molecule has 0 aliphatic carbocycles. The predicted molar refractivity (Wildman–Crippen MR) is 82.4 cm³/mol. The first-order valence-corrected chi connectivity index (χ1v) is 7.36. The molecular formula is C16H21ClNNaO4. The van der Waals surface area contributed by atoms with Crippen molar-refractivity contribution in [1.82, 2.24) is 4.90 Å². The average molecular weight is 350 g/mol. The van der Waals surface area contributed by atoms with Crippen LogP contribution in [-0.2, 0) is 15.1 Å². The van der Waals surface area contributed by atoms with E-state index < -0.39 is 23.2 Å². The van der Waals surface area contributed by atoms with Crippen molar-refractivity contribution in [2.45, 2.75) is 45.3 Å². The maximum Gasteiger partial charge on any atom is 1.00 e. The molecule has 5 nitrogen and oxygen atoms in total. The zero-order valence-electron chi connectivity index (χ0n) is 14.5. The fourth-order valence-electron chi connectivity index (χ4n) is 2.25. The van der Waals surface area contributed by atoms with Gasteiger partial charge in [0.15, 0.2) is 0 Å². The third-order valence-corrected chi connectivity index (χ3v) is 3.66. The van der Waals surface area contributed by atoms with Crippen LogP contribution in [0.5, 0.6) is 0 Å². The van der Waals surface area contributed by atoms with Crippen LogP contribution in [0, 0.1) is 0 Å². The molecule has 0 saturated carbocycles. The largest absolute Gasteiger partial charge is 1.00 e. The molecule has 1 rings (SSSR count). The minimum absolute atomic E-state index is 0. The molecule has 1 unspecified atom stereocenters. The predicted octanol–water partition coefficient (Wildman–Crippen LogP) is -0.434. The van der Waals surface area contributed by atoms with Gasteiger partial charge >= 0.3 is 35.7 Å². The molecular weight excluding hydrogens is 329 g/mol. The summed E-state index contributed by atoms with van der Waals surface area (Å²) in [5.41, 5.74) is -1.93. The fourth-order valence-corrected chi connectivity index (χ4v) is 2.37. The number of aliphatic carboxylic acids is 1. The molecule has 0 aliphatic heterocycles. The molecule has 23 heavy (non-hydrogen) atoms. The SMILES string of the molecule is CCC(C(=O)[O-])(c1ccc(Cl)cc1)N(C)C(=O)OC(C)(C)C.[Na+]. The number of carbonyl (C=O) groups is 2. The van der Waals surface area contributed by atoms with Crippen LogP contribution in [0.25, 0.3) is 0 Å². The van der Waals surface area contributed by atoms with Crippen LogP contribution in [0.4, 0.5) is 4.79 Å². The summed E-state index contributed by atoms with van der Waals surface area (Å²) in [7, 11) is 1.39. The standard InChI is InChI=1S/C16H22ClNO4.Na/c1-6-16(13(19)20,11-7-9-12(17)10-8-11)18(5)14(21)22-15(2,3)4;/h7-10H,6H2,1-5H3,(H,19,20);/q;+1/p-1. The zero-order valence-corrected chi connectivity index (χ0v) is 17.2. The van der Waals surface area contributed by atoms with Crippen LogP contribution in [0.1, 0.15) is 39.7 Å².